The SMILES string of the molecule is CCOC(=O)C1=C(C)N=c2s/c(=C/c3ccc(OCc4cccc5ccccc45)cc3)c(=O)n2C1c1ccc(OC)cc1. The first-order chi connectivity index (χ1) is 21.0. The van der Waals surface area contributed by atoms with Gasteiger partial charge in [0.2, 0.25) is 0 Å². The molecule has 5 aromatic rings. The summed E-state index contributed by atoms with van der Waals surface area (Å²) in [5, 5.41) is 2.35. The summed E-state index contributed by atoms with van der Waals surface area (Å²) in [7, 11) is 1.59. The zero-order valence-electron chi connectivity index (χ0n) is 24.1. The molecular weight excluding hydrogens is 560 g/mol. The minimum Gasteiger partial charge on any atom is -0.497 e. The molecule has 7 nitrogen and oxygen atoms in total. The van der Waals surface area contributed by atoms with E-state index in [1.54, 1.807) is 25.5 Å². The number of thiazole rings is 1. The van der Waals surface area contributed by atoms with Crippen molar-refractivity contribution in [3.8, 4) is 11.5 Å². The summed E-state index contributed by atoms with van der Waals surface area (Å²) >= 11 is 1.29. The Hall–Kier alpha value is -4.95. The summed E-state index contributed by atoms with van der Waals surface area (Å²) in [4.78, 5) is 32.1. The second kappa shape index (κ2) is 12.1. The van der Waals surface area contributed by atoms with Gasteiger partial charge in [0.15, 0.2) is 4.80 Å². The molecule has 0 aliphatic carbocycles. The minimum absolute atomic E-state index is 0.219. The highest BCUT2D eigenvalue weighted by atomic mass is 32.1. The van der Waals surface area contributed by atoms with Crippen molar-refractivity contribution in [2.45, 2.75) is 26.5 Å². The number of allylic oxidation sites excluding steroid dienone is 1. The number of fused-ring (bicyclic) bond motifs is 2. The lowest BCUT2D eigenvalue weighted by molar-refractivity contribution is -0.139. The smallest absolute Gasteiger partial charge is 0.338 e. The van der Waals surface area contributed by atoms with Crippen molar-refractivity contribution in [2.24, 2.45) is 4.99 Å². The molecule has 1 aliphatic heterocycles. The lowest BCUT2D eigenvalue weighted by atomic mass is 9.96. The topological polar surface area (TPSA) is 79.1 Å². The average molecular weight is 591 g/mol. The van der Waals surface area contributed by atoms with E-state index in [4.69, 9.17) is 14.2 Å². The molecule has 0 saturated heterocycles. The molecule has 216 valence electrons. The molecule has 43 heavy (non-hydrogen) atoms. The van der Waals surface area contributed by atoms with E-state index in [2.05, 4.69) is 29.3 Å². The van der Waals surface area contributed by atoms with Gasteiger partial charge in [0, 0.05) is 0 Å². The molecule has 4 aromatic carbocycles. The molecule has 1 aliphatic rings. The monoisotopic (exact) mass is 590 g/mol. The van der Waals surface area contributed by atoms with Gasteiger partial charge >= 0.3 is 5.97 Å². The van der Waals surface area contributed by atoms with Gasteiger partial charge in [-0.3, -0.25) is 9.36 Å². The molecule has 0 N–H and O–H groups in total. The Labute approximate surface area is 252 Å². The van der Waals surface area contributed by atoms with Crippen LogP contribution in [-0.4, -0.2) is 24.3 Å². The highest BCUT2D eigenvalue weighted by Crippen LogP contribution is 2.31. The normalized spacial score (nSPS) is 14.8. The van der Waals surface area contributed by atoms with E-state index in [0.717, 1.165) is 22.4 Å². The number of benzene rings is 4. The van der Waals surface area contributed by atoms with E-state index in [-0.39, 0.29) is 12.2 Å². The third-order valence-electron chi connectivity index (χ3n) is 7.40. The van der Waals surface area contributed by atoms with Crippen LogP contribution in [0.2, 0.25) is 0 Å². The van der Waals surface area contributed by atoms with Crippen LogP contribution in [0.1, 0.15) is 36.6 Å². The van der Waals surface area contributed by atoms with Gasteiger partial charge in [-0.2, -0.15) is 0 Å². The number of aromatic nitrogens is 1. The first kappa shape index (κ1) is 28.2. The number of methoxy groups -OCH3 is 1. The fourth-order valence-electron chi connectivity index (χ4n) is 5.28. The molecule has 1 unspecified atom stereocenters. The van der Waals surface area contributed by atoms with Crippen LogP contribution >= 0.6 is 11.3 Å². The Balaban J connectivity index is 1.31. The lowest BCUT2D eigenvalue weighted by Crippen LogP contribution is -2.39. The maximum absolute atomic E-state index is 13.8. The number of carbonyl (C=O) groups is 1. The predicted octanol–water partition coefficient (Wildman–Crippen LogP) is 5.54. The molecular formula is C35H30N2O5S. The number of rotatable bonds is 8. The molecule has 0 spiro atoms. The highest BCUT2D eigenvalue weighted by Gasteiger charge is 2.33. The Kier molecular flexibility index (Phi) is 7.94. The Morgan fingerprint density at radius 2 is 1.67 bits per heavy atom. The van der Waals surface area contributed by atoms with Gasteiger partial charge in [0.05, 0.1) is 35.6 Å². The van der Waals surface area contributed by atoms with Crippen LogP contribution in [0.4, 0.5) is 0 Å². The van der Waals surface area contributed by atoms with E-state index >= 15 is 0 Å². The molecule has 0 amide bonds. The van der Waals surface area contributed by atoms with Crippen molar-refractivity contribution in [2.75, 3.05) is 13.7 Å². The van der Waals surface area contributed by atoms with Crippen LogP contribution < -0.4 is 24.4 Å². The average Bonchev–Trinajstić information content (AvgIpc) is 3.33. The molecule has 0 radical (unpaired) electrons. The summed E-state index contributed by atoms with van der Waals surface area (Å²) in [5.74, 6) is 0.929. The summed E-state index contributed by atoms with van der Waals surface area (Å²) in [6.07, 6.45) is 1.84. The zero-order valence-corrected chi connectivity index (χ0v) is 24.9. The molecule has 0 saturated carbocycles. The van der Waals surface area contributed by atoms with Crippen molar-refractivity contribution in [3.05, 3.63) is 139 Å². The first-order valence-corrected chi connectivity index (χ1v) is 14.8. The van der Waals surface area contributed by atoms with Crippen molar-refractivity contribution >= 4 is 34.2 Å². The second-order valence-corrected chi connectivity index (χ2v) is 11.1. The fourth-order valence-corrected chi connectivity index (χ4v) is 6.33. The quantitative estimate of drug-likeness (QED) is 0.222. The molecule has 1 atom stereocenters. The Bertz CT molecular complexity index is 2020. The second-order valence-electron chi connectivity index (χ2n) is 10.1. The van der Waals surface area contributed by atoms with Crippen LogP contribution in [0.5, 0.6) is 11.5 Å². The van der Waals surface area contributed by atoms with E-state index in [1.807, 2.05) is 72.8 Å². The summed E-state index contributed by atoms with van der Waals surface area (Å²) in [5.41, 5.74) is 3.38. The van der Waals surface area contributed by atoms with E-state index < -0.39 is 12.0 Å². The molecule has 0 bridgehead atoms. The standard InChI is InChI=1S/C35H30N2O5S/c1-4-41-34(39)31-22(2)36-35-37(32(31)25-14-18-27(40-3)19-15-25)33(38)30(43-35)20-23-12-16-28(17-13-23)42-21-26-10-7-9-24-8-5-6-11-29(24)26/h5-20,32H,4,21H2,1-3H3/b30-20+. The fraction of sp³-hybridized carbons (Fsp3) is 0.171. The lowest BCUT2D eigenvalue weighted by Gasteiger charge is -2.24. The summed E-state index contributed by atoms with van der Waals surface area (Å²) in [6.45, 7) is 4.20. The van der Waals surface area contributed by atoms with Crippen LogP contribution in [0.15, 0.2) is 112 Å². The van der Waals surface area contributed by atoms with E-state index in [9.17, 15) is 9.59 Å². The molecule has 8 heteroatoms. The highest BCUT2D eigenvalue weighted by molar-refractivity contribution is 7.07. The van der Waals surface area contributed by atoms with Gasteiger partial charge < -0.3 is 14.2 Å². The first-order valence-electron chi connectivity index (χ1n) is 14.0. The van der Waals surface area contributed by atoms with Gasteiger partial charge in [0.1, 0.15) is 18.1 Å². The Morgan fingerprint density at radius 1 is 0.953 bits per heavy atom. The van der Waals surface area contributed by atoms with Gasteiger partial charge in [-0.05, 0) is 71.7 Å². The van der Waals surface area contributed by atoms with Crippen molar-refractivity contribution < 1.29 is 19.0 Å². The van der Waals surface area contributed by atoms with Crippen molar-refractivity contribution in [1.29, 1.82) is 0 Å². The Morgan fingerprint density at radius 3 is 2.42 bits per heavy atom. The molecule has 2 heterocycles. The van der Waals surface area contributed by atoms with Gasteiger partial charge in [-0.1, -0.05) is 78.1 Å². The minimum atomic E-state index is -0.673. The third-order valence-corrected chi connectivity index (χ3v) is 8.38. The number of ether oxygens (including phenoxy) is 3. The maximum atomic E-state index is 13.8. The summed E-state index contributed by atoms with van der Waals surface area (Å²) in [6, 6.07) is 28.8. The van der Waals surface area contributed by atoms with Crippen LogP contribution in [0.25, 0.3) is 16.8 Å². The maximum Gasteiger partial charge on any atom is 0.338 e. The van der Waals surface area contributed by atoms with Gasteiger partial charge in [0.25, 0.3) is 5.56 Å². The van der Waals surface area contributed by atoms with E-state index in [1.165, 1.54) is 22.1 Å². The number of carbonyl (C=O) groups excluding carboxylic acids is 1. The largest absolute Gasteiger partial charge is 0.497 e. The van der Waals surface area contributed by atoms with Crippen LogP contribution in [0.3, 0.4) is 0 Å². The van der Waals surface area contributed by atoms with Gasteiger partial charge in [-0.25, -0.2) is 9.79 Å². The van der Waals surface area contributed by atoms with Crippen molar-refractivity contribution in [1.82, 2.24) is 4.57 Å². The van der Waals surface area contributed by atoms with E-state index in [0.29, 0.717) is 33.0 Å². The van der Waals surface area contributed by atoms with Crippen LogP contribution in [-0.2, 0) is 16.1 Å². The third kappa shape index (κ3) is 5.61. The van der Waals surface area contributed by atoms with Crippen LogP contribution in [0, 0.1) is 0 Å². The zero-order chi connectivity index (χ0) is 29.9. The molecule has 1 aromatic heterocycles. The predicted molar refractivity (Wildman–Crippen MR) is 168 cm³/mol. The molecule has 0 fully saturated rings. The van der Waals surface area contributed by atoms with Crippen molar-refractivity contribution in [3.63, 3.8) is 0 Å². The number of nitrogens with zero attached hydrogens (tertiary/aromatic N) is 2. The van der Waals surface area contributed by atoms with Gasteiger partial charge in [-0.15, -0.1) is 0 Å². The number of esters is 1. The molecule has 6 rings (SSSR count). The number of hydrogen-bond donors (Lipinski definition) is 0. The number of hydrogen-bond acceptors (Lipinski definition) is 7. The summed E-state index contributed by atoms with van der Waals surface area (Å²) < 4.78 is 18.9.